The minimum Gasteiger partial charge on any atom is -0.507 e. The van der Waals surface area contributed by atoms with Gasteiger partial charge in [0, 0.05) is 44.1 Å². The highest BCUT2D eigenvalue weighted by Gasteiger charge is 2.45. The predicted octanol–water partition coefficient (Wildman–Crippen LogP) is 2.89. The second-order valence-corrected chi connectivity index (χ2v) is 8.34. The van der Waals surface area contributed by atoms with Crippen LogP contribution >= 0.6 is 11.6 Å². The van der Waals surface area contributed by atoms with Crippen LogP contribution in [0.1, 0.15) is 23.6 Å². The normalized spacial score (nSPS) is 20.9. The van der Waals surface area contributed by atoms with Crippen molar-refractivity contribution in [3.8, 4) is 5.75 Å². The molecule has 2 fully saturated rings. The largest absolute Gasteiger partial charge is 0.507 e. The van der Waals surface area contributed by atoms with Crippen molar-refractivity contribution in [1.82, 2.24) is 14.8 Å². The second kappa shape index (κ2) is 10.3. The Morgan fingerprint density at radius 3 is 2.58 bits per heavy atom. The Bertz CT molecular complexity index is 1050. The highest BCUT2D eigenvalue weighted by Crippen LogP contribution is 2.40. The summed E-state index contributed by atoms with van der Waals surface area (Å²) in [6.45, 7) is 4.28. The average molecular weight is 472 g/mol. The molecule has 0 aliphatic carbocycles. The lowest BCUT2D eigenvalue weighted by atomic mass is 9.96. The zero-order chi connectivity index (χ0) is 23.4. The van der Waals surface area contributed by atoms with Crippen molar-refractivity contribution in [3.05, 3.63) is 64.4 Å². The van der Waals surface area contributed by atoms with Crippen molar-refractivity contribution in [2.75, 3.05) is 46.5 Å². The number of ether oxygens (including phenoxy) is 2. The summed E-state index contributed by atoms with van der Waals surface area (Å²) in [6.07, 6.45) is 3.91. The fraction of sp³-hybridized carbons (Fsp3) is 0.375. The Hall–Kier alpha value is -2.94. The van der Waals surface area contributed by atoms with E-state index in [1.165, 1.54) is 18.1 Å². The number of halogens is 1. The van der Waals surface area contributed by atoms with Crippen molar-refractivity contribution in [3.63, 3.8) is 0 Å². The number of pyridine rings is 1. The van der Waals surface area contributed by atoms with Gasteiger partial charge >= 0.3 is 0 Å². The van der Waals surface area contributed by atoms with Gasteiger partial charge in [0.05, 0.1) is 37.0 Å². The number of likely N-dealkylation sites (tertiary alicyclic amines) is 1. The van der Waals surface area contributed by atoms with E-state index in [9.17, 15) is 14.7 Å². The maximum atomic E-state index is 13.1. The molecule has 1 N–H and O–H groups in total. The van der Waals surface area contributed by atoms with E-state index in [2.05, 4.69) is 9.88 Å². The summed E-state index contributed by atoms with van der Waals surface area (Å²) >= 11 is 6.23. The van der Waals surface area contributed by atoms with E-state index < -0.39 is 17.7 Å². The molecule has 3 heterocycles. The molecule has 9 heteroatoms. The van der Waals surface area contributed by atoms with E-state index in [-0.39, 0.29) is 11.3 Å². The summed E-state index contributed by atoms with van der Waals surface area (Å²) in [5, 5.41) is 11.4. The third kappa shape index (κ3) is 4.88. The van der Waals surface area contributed by atoms with Crippen molar-refractivity contribution in [1.29, 1.82) is 0 Å². The van der Waals surface area contributed by atoms with Crippen LogP contribution in [0.2, 0.25) is 5.02 Å². The number of carbonyl (C=O) groups excluding carboxylic acids is 2. The quantitative estimate of drug-likeness (QED) is 0.377. The number of nitrogens with zero attached hydrogens (tertiary/aromatic N) is 3. The average Bonchev–Trinajstić information content (AvgIpc) is 3.10. The minimum absolute atomic E-state index is 0.0406. The zero-order valence-corrected chi connectivity index (χ0v) is 19.1. The first kappa shape index (κ1) is 23.2. The smallest absolute Gasteiger partial charge is 0.295 e. The van der Waals surface area contributed by atoms with Gasteiger partial charge in [0.15, 0.2) is 0 Å². The van der Waals surface area contributed by atoms with Crippen molar-refractivity contribution >= 4 is 29.1 Å². The lowest BCUT2D eigenvalue weighted by Gasteiger charge is -2.29. The van der Waals surface area contributed by atoms with Crippen molar-refractivity contribution in [2.45, 2.75) is 12.5 Å². The summed E-state index contributed by atoms with van der Waals surface area (Å²) in [4.78, 5) is 34.0. The number of Topliss-reactive ketones (excluding diaryl/α,β-unsaturated/α-hetero) is 1. The van der Waals surface area contributed by atoms with Gasteiger partial charge in [0.1, 0.15) is 11.5 Å². The van der Waals surface area contributed by atoms with E-state index in [0.717, 1.165) is 19.6 Å². The monoisotopic (exact) mass is 471 g/mol. The first-order chi connectivity index (χ1) is 16.0. The maximum absolute atomic E-state index is 13.1. The molecular formula is C24H26ClN3O5. The van der Waals surface area contributed by atoms with Gasteiger partial charge in [-0.25, -0.2) is 0 Å². The second-order valence-electron chi connectivity index (χ2n) is 7.93. The number of carbonyl (C=O) groups is 2. The summed E-state index contributed by atoms with van der Waals surface area (Å²) in [5.74, 6) is -1.16. The number of hydrogen-bond acceptors (Lipinski definition) is 7. The zero-order valence-electron chi connectivity index (χ0n) is 18.4. The SMILES string of the molecule is COc1ccc(C(O)=C2C(=O)C(=O)N(CCCN3CCOCC3)[C@H]2c2ccncc2)cc1Cl. The standard InChI is InChI=1S/C24H26ClN3O5/c1-32-19-4-3-17(15-18(19)25)22(29)20-21(16-5-7-26-8-6-16)28(24(31)23(20)30)10-2-9-27-11-13-33-14-12-27/h3-8,15,21,29H,2,9-14H2,1H3/t21-/m0/s1. The van der Waals surface area contributed by atoms with Gasteiger partial charge in [0.25, 0.3) is 11.7 Å². The number of amides is 1. The van der Waals surface area contributed by atoms with Crippen LogP contribution in [-0.2, 0) is 14.3 Å². The van der Waals surface area contributed by atoms with Crippen LogP contribution in [0.5, 0.6) is 5.75 Å². The van der Waals surface area contributed by atoms with Gasteiger partial charge in [0.2, 0.25) is 0 Å². The maximum Gasteiger partial charge on any atom is 0.295 e. The molecule has 4 rings (SSSR count). The number of methoxy groups -OCH3 is 1. The van der Waals surface area contributed by atoms with Gasteiger partial charge in [-0.1, -0.05) is 11.6 Å². The van der Waals surface area contributed by atoms with E-state index in [4.69, 9.17) is 21.1 Å². The van der Waals surface area contributed by atoms with Crippen molar-refractivity contribution < 1.29 is 24.2 Å². The summed E-state index contributed by atoms with van der Waals surface area (Å²) < 4.78 is 10.6. The predicted molar refractivity (Wildman–Crippen MR) is 123 cm³/mol. The number of rotatable bonds is 7. The lowest BCUT2D eigenvalue weighted by molar-refractivity contribution is -0.140. The highest BCUT2D eigenvalue weighted by atomic mass is 35.5. The molecular weight excluding hydrogens is 446 g/mol. The Morgan fingerprint density at radius 1 is 1.18 bits per heavy atom. The fourth-order valence-corrected chi connectivity index (χ4v) is 4.52. The molecule has 33 heavy (non-hydrogen) atoms. The van der Waals surface area contributed by atoms with Crippen LogP contribution < -0.4 is 4.74 Å². The van der Waals surface area contributed by atoms with Crippen LogP contribution in [0.25, 0.3) is 5.76 Å². The van der Waals surface area contributed by atoms with Crippen molar-refractivity contribution in [2.24, 2.45) is 0 Å². The third-order valence-electron chi connectivity index (χ3n) is 5.96. The molecule has 2 aliphatic rings. The number of aliphatic hydroxyl groups excluding tert-OH is 1. The molecule has 0 unspecified atom stereocenters. The molecule has 0 bridgehead atoms. The molecule has 1 amide bonds. The van der Waals surface area contributed by atoms with E-state index in [0.29, 0.717) is 48.1 Å². The molecule has 1 atom stereocenters. The van der Waals surface area contributed by atoms with Gasteiger partial charge in [-0.05, 0) is 42.3 Å². The summed E-state index contributed by atoms with van der Waals surface area (Å²) in [7, 11) is 1.49. The first-order valence-electron chi connectivity index (χ1n) is 10.8. The van der Waals surface area contributed by atoms with E-state index in [1.54, 1.807) is 36.7 Å². The summed E-state index contributed by atoms with van der Waals surface area (Å²) in [5.41, 5.74) is 1.08. The van der Waals surface area contributed by atoms with Gasteiger partial charge in [-0.3, -0.25) is 19.5 Å². The number of morpholine rings is 1. The number of benzene rings is 1. The molecule has 1 aromatic heterocycles. The molecule has 174 valence electrons. The molecule has 0 spiro atoms. The molecule has 2 aromatic rings. The number of aliphatic hydroxyl groups is 1. The van der Waals surface area contributed by atoms with Gasteiger partial charge < -0.3 is 19.5 Å². The molecule has 1 aromatic carbocycles. The third-order valence-corrected chi connectivity index (χ3v) is 6.26. The number of aromatic nitrogens is 1. The van der Waals surface area contributed by atoms with Gasteiger partial charge in [-0.15, -0.1) is 0 Å². The molecule has 2 aliphatic heterocycles. The van der Waals surface area contributed by atoms with Crippen LogP contribution in [0.3, 0.4) is 0 Å². The topological polar surface area (TPSA) is 92.2 Å². The number of hydrogen-bond donors (Lipinski definition) is 1. The highest BCUT2D eigenvalue weighted by molar-refractivity contribution is 6.46. The summed E-state index contributed by atoms with van der Waals surface area (Å²) in [6, 6.07) is 7.52. The fourth-order valence-electron chi connectivity index (χ4n) is 4.26. The van der Waals surface area contributed by atoms with Gasteiger partial charge in [-0.2, -0.15) is 0 Å². The molecule has 8 nitrogen and oxygen atoms in total. The lowest BCUT2D eigenvalue weighted by Crippen LogP contribution is -2.38. The first-order valence-corrected chi connectivity index (χ1v) is 11.2. The Kier molecular flexibility index (Phi) is 7.27. The minimum atomic E-state index is -0.715. The van der Waals surface area contributed by atoms with Crippen LogP contribution in [-0.4, -0.2) is 78.1 Å². The Morgan fingerprint density at radius 2 is 1.91 bits per heavy atom. The van der Waals surface area contributed by atoms with Crippen LogP contribution in [0.15, 0.2) is 48.3 Å². The Labute approximate surface area is 197 Å². The number of ketones is 1. The molecule has 0 radical (unpaired) electrons. The van der Waals surface area contributed by atoms with E-state index >= 15 is 0 Å². The Balaban J connectivity index is 1.66. The molecule has 0 saturated carbocycles. The molecule has 2 saturated heterocycles. The van der Waals surface area contributed by atoms with Crippen LogP contribution in [0.4, 0.5) is 0 Å². The van der Waals surface area contributed by atoms with E-state index in [1.807, 2.05) is 0 Å². The van der Waals surface area contributed by atoms with Crippen LogP contribution in [0, 0.1) is 0 Å².